The van der Waals surface area contributed by atoms with Gasteiger partial charge in [0.1, 0.15) is 0 Å². The Morgan fingerprint density at radius 2 is 1.64 bits per heavy atom. The van der Waals surface area contributed by atoms with Crippen molar-refractivity contribution in [1.82, 2.24) is 0 Å². The van der Waals surface area contributed by atoms with Crippen molar-refractivity contribution in [2.75, 3.05) is 0 Å². The minimum atomic E-state index is 0.761. The van der Waals surface area contributed by atoms with Crippen molar-refractivity contribution in [2.45, 2.75) is 44.9 Å². The first-order chi connectivity index (χ1) is 6.88. The summed E-state index contributed by atoms with van der Waals surface area (Å²) in [6.07, 6.45) is 7.23. The SMILES string of the molecule is C[C@H](c1ccccc1)C1CCCCC1. The van der Waals surface area contributed by atoms with E-state index in [0.29, 0.717) is 0 Å². The molecule has 76 valence electrons. The minimum Gasteiger partial charge on any atom is -0.0622 e. The van der Waals surface area contributed by atoms with Crippen molar-refractivity contribution in [3.05, 3.63) is 35.9 Å². The van der Waals surface area contributed by atoms with E-state index in [1.807, 2.05) is 0 Å². The molecule has 14 heavy (non-hydrogen) atoms. The van der Waals surface area contributed by atoms with Gasteiger partial charge in [-0.1, -0.05) is 56.5 Å². The third-order valence-corrected chi connectivity index (χ3v) is 3.68. The van der Waals surface area contributed by atoms with Crippen molar-refractivity contribution in [2.24, 2.45) is 5.92 Å². The molecule has 1 aromatic carbocycles. The molecule has 1 aliphatic carbocycles. The monoisotopic (exact) mass is 188 g/mol. The first kappa shape index (κ1) is 9.76. The molecule has 1 aromatic rings. The van der Waals surface area contributed by atoms with Gasteiger partial charge in [-0.2, -0.15) is 0 Å². The van der Waals surface area contributed by atoms with Crippen LogP contribution in [0.25, 0.3) is 0 Å². The van der Waals surface area contributed by atoms with Crippen molar-refractivity contribution in [3.63, 3.8) is 0 Å². The van der Waals surface area contributed by atoms with E-state index in [1.54, 1.807) is 0 Å². The van der Waals surface area contributed by atoms with Crippen LogP contribution >= 0.6 is 0 Å². The molecular weight excluding hydrogens is 168 g/mol. The lowest BCUT2D eigenvalue weighted by atomic mass is 9.78. The standard InChI is InChI=1S/C14H20/c1-12(13-8-4-2-5-9-13)14-10-6-3-7-11-14/h2,4-5,8-9,12,14H,3,6-7,10-11H2,1H3/t12-/m1/s1. The van der Waals surface area contributed by atoms with Crippen LogP contribution in [0.15, 0.2) is 30.3 Å². The zero-order valence-corrected chi connectivity index (χ0v) is 9.08. The molecule has 2 rings (SSSR count). The highest BCUT2D eigenvalue weighted by Crippen LogP contribution is 2.35. The van der Waals surface area contributed by atoms with Gasteiger partial charge in [0.25, 0.3) is 0 Å². The zero-order chi connectivity index (χ0) is 9.80. The summed E-state index contributed by atoms with van der Waals surface area (Å²) in [6.45, 7) is 2.39. The fourth-order valence-corrected chi connectivity index (χ4v) is 2.66. The second kappa shape index (κ2) is 4.63. The van der Waals surface area contributed by atoms with Gasteiger partial charge in [0.15, 0.2) is 0 Å². The van der Waals surface area contributed by atoms with Crippen LogP contribution in [0.3, 0.4) is 0 Å². The van der Waals surface area contributed by atoms with Gasteiger partial charge < -0.3 is 0 Å². The van der Waals surface area contributed by atoms with Crippen LogP contribution in [0.1, 0.15) is 50.5 Å². The van der Waals surface area contributed by atoms with Crippen LogP contribution in [0.5, 0.6) is 0 Å². The lowest BCUT2D eigenvalue weighted by Crippen LogP contribution is -2.13. The topological polar surface area (TPSA) is 0 Å². The van der Waals surface area contributed by atoms with Crippen LogP contribution in [-0.4, -0.2) is 0 Å². The Labute approximate surface area is 87.3 Å². The number of hydrogen-bond acceptors (Lipinski definition) is 0. The third-order valence-electron chi connectivity index (χ3n) is 3.68. The first-order valence-corrected chi connectivity index (χ1v) is 5.93. The van der Waals surface area contributed by atoms with Gasteiger partial charge in [-0.3, -0.25) is 0 Å². The molecule has 0 bridgehead atoms. The molecule has 0 nitrogen and oxygen atoms in total. The van der Waals surface area contributed by atoms with E-state index in [4.69, 9.17) is 0 Å². The van der Waals surface area contributed by atoms with Gasteiger partial charge >= 0.3 is 0 Å². The Morgan fingerprint density at radius 3 is 2.29 bits per heavy atom. The number of rotatable bonds is 2. The Hall–Kier alpha value is -0.780. The molecule has 0 radical (unpaired) electrons. The summed E-state index contributed by atoms with van der Waals surface area (Å²) in [5.41, 5.74) is 1.53. The fraction of sp³-hybridized carbons (Fsp3) is 0.571. The summed E-state index contributed by atoms with van der Waals surface area (Å²) in [5, 5.41) is 0. The van der Waals surface area contributed by atoms with Gasteiger partial charge in [0.05, 0.1) is 0 Å². The Bertz CT molecular complexity index is 257. The van der Waals surface area contributed by atoms with E-state index in [0.717, 1.165) is 11.8 Å². The van der Waals surface area contributed by atoms with Crippen LogP contribution < -0.4 is 0 Å². The molecule has 0 aromatic heterocycles. The van der Waals surface area contributed by atoms with Crippen molar-refractivity contribution in [3.8, 4) is 0 Å². The van der Waals surface area contributed by atoms with Gasteiger partial charge in [-0.25, -0.2) is 0 Å². The number of hydrogen-bond donors (Lipinski definition) is 0. The highest BCUT2D eigenvalue weighted by molar-refractivity contribution is 5.19. The summed E-state index contributed by atoms with van der Waals surface area (Å²) < 4.78 is 0. The molecule has 0 heteroatoms. The molecule has 0 N–H and O–H groups in total. The quantitative estimate of drug-likeness (QED) is 0.646. The molecule has 0 saturated heterocycles. The molecule has 1 fully saturated rings. The second-order valence-corrected chi connectivity index (χ2v) is 4.60. The summed E-state index contributed by atoms with van der Waals surface area (Å²) in [7, 11) is 0. The fourth-order valence-electron chi connectivity index (χ4n) is 2.66. The molecule has 0 spiro atoms. The maximum absolute atomic E-state index is 2.39. The van der Waals surface area contributed by atoms with E-state index in [1.165, 1.54) is 37.7 Å². The van der Waals surface area contributed by atoms with Crippen LogP contribution in [0, 0.1) is 5.92 Å². The lowest BCUT2D eigenvalue weighted by molar-refractivity contribution is 0.316. The molecule has 1 saturated carbocycles. The average molecular weight is 188 g/mol. The third kappa shape index (κ3) is 2.17. The molecular formula is C14H20. The number of benzene rings is 1. The van der Waals surface area contributed by atoms with Crippen LogP contribution in [0.2, 0.25) is 0 Å². The Morgan fingerprint density at radius 1 is 1.00 bits per heavy atom. The van der Waals surface area contributed by atoms with E-state index in [-0.39, 0.29) is 0 Å². The summed E-state index contributed by atoms with van der Waals surface area (Å²) in [4.78, 5) is 0. The van der Waals surface area contributed by atoms with Gasteiger partial charge in [-0.05, 0) is 30.2 Å². The molecule has 0 unspecified atom stereocenters. The maximum atomic E-state index is 2.39. The van der Waals surface area contributed by atoms with Crippen molar-refractivity contribution in [1.29, 1.82) is 0 Å². The van der Waals surface area contributed by atoms with E-state index >= 15 is 0 Å². The van der Waals surface area contributed by atoms with Crippen LogP contribution in [-0.2, 0) is 0 Å². The molecule has 0 heterocycles. The van der Waals surface area contributed by atoms with Crippen LogP contribution in [0.4, 0.5) is 0 Å². The van der Waals surface area contributed by atoms with Gasteiger partial charge in [0, 0.05) is 0 Å². The van der Waals surface area contributed by atoms with Crippen molar-refractivity contribution >= 4 is 0 Å². The average Bonchev–Trinajstić information content (AvgIpc) is 2.30. The Balaban J connectivity index is 2.03. The summed E-state index contributed by atoms with van der Waals surface area (Å²) >= 11 is 0. The summed E-state index contributed by atoms with van der Waals surface area (Å²) in [5.74, 6) is 1.70. The van der Waals surface area contributed by atoms with Crippen molar-refractivity contribution < 1.29 is 0 Å². The highest BCUT2D eigenvalue weighted by atomic mass is 14.3. The van der Waals surface area contributed by atoms with Gasteiger partial charge in [-0.15, -0.1) is 0 Å². The zero-order valence-electron chi connectivity index (χ0n) is 9.08. The molecule has 0 aliphatic heterocycles. The first-order valence-electron chi connectivity index (χ1n) is 5.93. The highest BCUT2D eigenvalue weighted by Gasteiger charge is 2.20. The normalized spacial score (nSPS) is 20.6. The van der Waals surface area contributed by atoms with E-state index < -0.39 is 0 Å². The smallest absolute Gasteiger partial charge is 0.0162 e. The largest absolute Gasteiger partial charge is 0.0622 e. The minimum absolute atomic E-state index is 0.761. The predicted octanol–water partition coefficient (Wildman–Crippen LogP) is 4.37. The lowest BCUT2D eigenvalue weighted by Gasteiger charge is -2.27. The van der Waals surface area contributed by atoms with E-state index in [9.17, 15) is 0 Å². The molecule has 1 aliphatic rings. The molecule has 1 atom stereocenters. The Kier molecular flexibility index (Phi) is 3.23. The maximum Gasteiger partial charge on any atom is -0.0162 e. The van der Waals surface area contributed by atoms with Gasteiger partial charge in [0.2, 0.25) is 0 Å². The molecule has 0 amide bonds. The second-order valence-electron chi connectivity index (χ2n) is 4.60. The van der Waals surface area contributed by atoms with E-state index in [2.05, 4.69) is 37.3 Å². The summed E-state index contributed by atoms with van der Waals surface area (Å²) in [6, 6.07) is 11.0. The predicted molar refractivity (Wildman–Crippen MR) is 61.4 cm³/mol.